The standard InChI is InChI=1S/C32H50O.H2O/c1-5-23(2)20-30(12-8-7-11-26-21-32(33-22-26)29-18-19-29)25(4)27-14-16-28(17-15-27)31-13-9-6-10-24(31)3;/h6,9-10,13,22-24,27-29,31-32H,5,7-8,11-12,14-21H2,1-4H3;1H2/b30-25+;. The van der Waals surface area contributed by atoms with Gasteiger partial charge < -0.3 is 10.2 Å². The van der Waals surface area contributed by atoms with E-state index in [0.717, 1.165) is 29.6 Å². The predicted octanol–water partition coefficient (Wildman–Crippen LogP) is 8.74. The molecule has 4 rings (SSSR count). The van der Waals surface area contributed by atoms with Gasteiger partial charge in [0, 0.05) is 6.42 Å². The molecule has 0 spiro atoms. The number of unbranched alkanes of at least 4 members (excludes halogenated alkanes) is 1. The van der Waals surface area contributed by atoms with E-state index in [2.05, 4.69) is 58.3 Å². The first-order valence-corrected chi connectivity index (χ1v) is 14.4. The summed E-state index contributed by atoms with van der Waals surface area (Å²) in [7, 11) is 0. The highest BCUT2D eigenvalue weighted by molar-refractivity contribution is 5.18. The number of rotatable bonds is 11. The van der Waals surface area contributed by atoms with Crippen LogP contribution >= 0.6 is 0 Å². The van der Waals surface area contributed by atoms with Gasteiger partial charge in [-0.15, -0.1) is 0 Å². The van der Waals surface area contributed by atoms with Gasteiger partial charge in [0.2, 0.25) is 0 Å². The lowest BCUT2D eigenvalue weighted by atomic mass is 9.69. The zero-order valence-corrected chi connectivity index (χ0v) is 22.5. The molecule has 3 aliphatic carbocycles. The van der Waals surface area contributed by atoms with Crippen molar-refractivity contribution in [1.29, 1.82) is 0 Å². The summed E-state index contributed by atoms with van der Waals surface area (Å²) in [4.78, 5) is 0. The second-order valence-electron chi connectivity index (χ2n) is 12.0. The van der Waals surface area contributed by atoms with Crippen molar-refractivity contribution < 1.29 is 10.2 Å². The minimum Gasteiger partial charge on any atom is -0.497 e. The van der Waals surface area contributed by atoms with Gasteiger partial charge in [0.1, 0.15) is 6.10 Å². The first-order valence-electron chi connectivity index (χ1n) is 14.4. The fraction of sp³-hybridized carbons (Fsp3) is 0.750. The van der Waals surface area contributed by atoms with E-state index in [9.17, 15) is 0 Å². The molecule has 4 unspecified atom stereocenters. The van der Waals surface area contributed by atoms with E-state index in [-0.39, 0.29) is 5.48 Å². The minimum atomic E-state index is 0. The van der Waals surface area contributed by atoms with E-state index >= 15 is 0 Å². The van der Waals surface area contributed by atoms with E-state index in [0.29, 0.717) is 12.0 Å². The third-order valence-corrected chi connectivity index (χ3v) is 9.49. The van der Waals surface area contributed by atoms with Crippen LogP contribution < -0.4 is 0 Å². The highest BCUT2D eigenvalue weighted by Crippen LogP contribution is 2.43. The summed E-state index contributed by atoms with van der Waals surface area (Å²) in [5.41, 5.74) is 5.17. The maximum absolute atomic E-state index is 5.93. The monoisotopic (exact) mass is 468 g/mol. The Morgan fingerprint density at radius 1 is 1.00 bits per heavy atom. The zero-order chi connectivity index (χ0) is 23.2. The summed E-state index contributed by atoms with van der Waals surface area (Å²) in [6.45, 7) is 9.72. The summed E-state index contributed by atoms with van der Waals surface area (Å²) in [5.74, 6) is 4.91. The summed E-state index contributed by atoms with van der Waals surface area (Å²) < 4.78 is 5.93. The van der Waals surface area contributed by atoms with Crippen molar-refractivity contribution >= 4 is 0 Å². The van der Waals surface area contributed by atoms with Gasteiger partial charge in [0.15, 0.2) is 0 Å². The van der Waals surface area contributed by atoms with Gasteiger partial charge in [0.25, 0.3) is 0 Å². The summed E-state index contributed by atoms with van der Waals surface area (Å²) in [6, 6.07) is 0. The third-order valence-electron chi connectivity index (χ3n) is 9.49. The first-order chi connectivity index (χ1) is 16.0. The van der Waals surface area contributed by atoms with Crippen molar-refractivity contribution in [3.05, 3.63) is 47.3 Å². The van der Waals surface area contributed by atoms with Gasteiger partial charge in [-0.05, 0) is 119 Å². The molecule has 4 atom stereocenters. The van der Waals surface area contributed by atoms with Crippen LogP contribution in [0.15, 0.2) is 47.3 Å². The van der Waals surface area contributed by atoms with Crippen molar-refractivity contribution in [2.45, 2.75) is 117 Å². The lowest BCUT2D eigenvalue weighted by molar-refractivity contribution is 0.149. The van der Waals surface area contributed by atoms with Crippen molar-refractivity contribution in [3.8, 4) is 0 Å². The maximum atomic E-state index is 5.93. The molecule has 0 aromatic heterocycles. The SMILES string of the molecule is CCC(C)C/C(CCCCC1=COC(C2CC2)C1)=C(\C)C1CCC(C2C=CC=CC2C)CC1.O. The van der Waals surface area contributed by atoms with E-state index in [4.69, 9.17) is 4.74 Å². The average molecular weight is 469 g/mol. The van der Waals surface area contributed by atoms with Gasteiger partial charge in [-0.1, -0.05) is 62.6 Å². The van der Waals surface area contributed by atoms with Crippen LogP contribution in [0.5, 0.6) is 0 Å². The molecule has 192 valence electrons. The Balaban J connectivity index is 0.00000324. The molecular weight excluding hydrogens is 416 g/mol. The molecule has 0 aromatic rings. The molecule has 1 heterocycles. The summed E-state index contributed by atoms with van der Waals surface area (Å²) >= 11 is 0. The number of allylic oxidation sites excluding steroid dienone is 6. The lowest BCUT2D eigenvalue weighted by Crippen LogP contribution is -2.26. The largest absolute Gasteiger partial charge is 0.497 e. The van der Waals surface area contributed by atoms with Crippen LogP contribution in [0.1, 0.15) is 111 Å². The third kappa shape index (κ3) is 7.36. The second kappa shape index (κ2) is 13.1. The van der Waals surface area contributed by atoms with Crippen molar-refractivity contribution in [2.75, 3.05) is 0 Å². The molecule has 0 aromatic carbocycles. The molecule has 2 fully saturated rings. The van der Waals surface area contributed by atoms with Gasteiger partial charge in [-0.2, -0.15) is 0 Å². The molecule has 34 heavy (non-hydrogen) atoms. The van der Waals surface area contributed by atoms with Gasteiger partial charge in [-0.25, -0.2) is 0 Å². The Kier molecular flexibility index (Phi) is 10.6. The Labute approximate surface area is 210 Å². The highest BCUT2D eigenvalue weighted by atomic mass is 16.5. The second-order valence-corrected chi connectivity index (χ2v) is 12.0. The lowest BCUT2D eigenvalue weighted by Gasteiger charge is -2.36. The van der Waals surface area contributed by atoms with E-state index < -0.39 is 0 Å². The quantitative estimate of drug-likeness (QED) is 0.221. The molecule has 0 radical (unpaired) electrons. The fourth-order valence-corrected chi connectivity index (χ4v) is 6.71. The number of hydrogen-bond donors (Lipinski definition) is 0. The number of hydrogen-bond acceptors (Lipinski definition) is 1. The average Bonchev–Trinajstić information content (AvgIpc) is 3.59. The smallest absolute Gasteiger partial charge is 0.104 e. The molecule has 2 saturated carbocycles. The molecule has 4 aliphatic rings. The van der Waals surface area contributed by atoms with Crippen LogP contribution in [0.3, 0.4) is 0 Å². The zero-order valence-electron chi connectivity index (χ0n) is 22.5. The van der Waals surface area contributed by atoms with E-state index in [1.165, 1.54) is 83.5 Å². The molecule has 2 heteroatoms. The Bertz CT molecular complexity index is 745. The molecule has 0 saturated heterocycles. The highest BCUT2D eigenvalue weighted by Gasteiger charge is 2.35. The van der Waals surface area contributed by atoms with Crippen LogP contribution in [-0.4, -0.2) is 11.6 Å². The topological polar surface area (TPSA) is 40.7 Å². The molecule has 2 N–H and O–H groups in total. The molecule has 0 bridgehead atoms. The maximum Gasteiger partial charge on any atom is 0.104 e. The molecule has 2 nitrogen and oxygen atoms in total. The van der Waals surface area contributed by atoms with Crippen molar-refractivity contribution in [1.82, 2.24) is 0 Å². The normalized spacial score (nSPS) is 32.5. The van der Waals surface area contributed by atoms with Crippen LogP contribution in [0.2, 0.25) is 0 Å². The molecule has 0 amide bonds. The first kappa shape index (κ1) is 27.3. The Morgan fingerprint density at radius 2 is 1.71 bits per heavy atom. The van der Waals surface area contributed by atoms with E-state index in [1.807, 2.05) is 5.57 Å². The van der Waals surface area contributed by atoms with E-state index in [1.54, 1.807) is 11.1 Å². The fourth-order valence-electron chi connectivity index (χ4n) is 6.71. The van der Waals surface area contributed by atoms with Crippen molar-refractivity contribution in [2.24, 2.45) is 35.5 Å². The van der Waals surface area contributed by atoms with Crippen LogP contribution in [0.4, 0.5) is 0 Å². The summed E-state index contributed by atoms with van der Waals surface area (Å²) in [5, 5.41) is 0. The van der Waals surface area contributed by atoms with Crippen LogP contribution in [0, 0.1) is 35.5 Å². The van der Waals surface area contributed by atoms with Gasteiger partial charge in [0.05, 0.1) is 6.26 Å². The van der Waals surface area contributed by atoms with Gasteiger partial charge >= 0.3 is 0 Å². The predicted molar refractivity (Wildman–Crippen MR) is 146 cm³/mol. The van der Waals surface area contributed by atoms with Gasteiger partial charge in [-0.3, -0.25) is 0 Å². The number of ether oxygens (including phenoxy) is 1. The van der Waals surface area contributed by atoms with Crippen LogP contribution in [-0.2, 0) is 4.74 Å². The molecular formula is C32H52O2. The van der Waals surface area contributed by atoms with Crippen molar-refractivity contribution in [3.63, 3.8) is 0 Å². The Hall–Kier alpha value is -1.28. The summed E-state index contributed by atoms with van der Waals surface area (Å²) in [6.07, 6.45) is 29.6. The Morgan fingerprint density at radius 3 is 2.38 bits per heavy atom. The van der Waals surface area contributed by atoms with Crippen LogP contribution in [0.25, 0.3) is 0 Å². The molecule has 1 aliphatic heterocycles. The minimum absolute atomic E-state index is 0.